The van der Waals surface area contributed by atoms with Crippen LogP contribution in [0.2, 0.25) is 0 Å². The number of aliphatic hydroxyl groups is 3. The van der Waals surface area contributed by atoms with Crippen molar-refractivity contribution in [3.8, 4) is 11.5 Å². The zero-order valence-electron chi connectivity index (χ0n) is 30.7. The van der Waals surface area contributed by atoms with Crippen LogP contribution in [0.25, 0.3) is 0 Å². The van der Waals surface area contributed by atoms with E-state index in [0.717, 1.165) is 36.8 Å². The largest absolute Gasteiger partial charge is 0.490 e. The summed E-state index contributed by atoms with van der Waals surface area (Å²) in [6.45, 7) is 12.6. The summed E-state index contributed by atoms with van der Waals surface area (Å²) >= 11 is 0. The second-order valence-corrected chi connectivity index (χ2v) is 13.3. The molecule has 1 fully saturated rings. The van der Waals surface area contributed by atoms with Crippen molar-refractivity contribution >= 4 is 11.8 Å². The molecule has 0 aromatic heterocycles. The molecule has 4 rings (SSSR count). The summed E-state index contributed by atoms with van der Waals surface area (Å²) in [5, 5.41) is 33.5. The standard InChI is InChI=1S/C40H58N2O10/c1-5-8-23-50-39(46)42(17-24-48-25-20-45)36-28-34(41-47-4)32-26-29(13-9-11-18-43)31(14-10-12-19-44)37-33-27-30(49-21-6-2)15-16-35(33)52-40(36,38(32)37)51-22-7-3/h5-7,15-16,26-27,29,31,36-38,43-45H,1-3,8-14,17-25,28H2,4H3. The lowest BCUT2D eigenvalue weighted by Crippen LogP contribution is -2.70. The Morgan fingerprint density at radius 3 is 2.46 bits per heavy atom. The summed E-state index contributed by atoms with van der Waals surface area (Å²) in [4.78, 5) is 21.2. The molecule has 1 aromatic carbocycles. The first-order chi connectivity index (χ1) is 25.4. The van der Waals surface area contributed by atoms with Gasteiger partial charge in [0.25, 0.3) is 0 Å². The van der Waals surface area contributed by atoms with Crippen molar-refractivity contribution in [1.82, 2.24) is 4.90 Å². The Hall–Kier alpha value is -3.68. The average molecular weight is 727 g/mol. The van der Waals surface area contributed by atoms with E-state index in [-0.39, 0.29) is 77.0 Å². The van der Waals surface area contributed by atoms with Gasteiger partial charge in [-0.05, 0) is 67.7 Å². The van der Waals surface area contributed by atoms with E-state index in [9.17, 15) is 20.1 Å². The number of hydrogen-bond donors (Lipinski definition) is 3. The lowest BCUT2D eigenvalue weighted by molar-refractivity contribution is -0.256. The summed E-state index contributed by atoms with van der Waals surface area (Å²) in [5.74, 6) is -0.597. The van der Waals surface area contributed by atoms with Gasteiger partial charge in [-0.2, -0.15) is 0 Å². The van der Waals surface area contributed by atoms with Gasteiger partial charge in [-0.15, -0.1) is 13.2 Å². The van der Waals surface area contributed by atoms with Gasteiger partial charge in [0.05, 0.1) is 44.7 Å². The molecule has 0 spiro atoms. The maximum atomic E-state index is 14.1. The highest BCUT2D eigenvalue weighted by Crippen LogP contribution is 2.61. The molecule has 0 radical (unpaired) electrons. The van der Waals surface area contributed by atoms with Gasteiger partial charge in [0.15, 0.2) is 0 Å². The first-order valence-corrected chi connectivity index (χ1v) is 18.5. The monoisotopic (exact) mass is 726 g/mol. The van der Waals surface area contributed by atoms with Crippen LogP contribution in [0.3, 0.4) is 0 Å². The topological polar surface area (TPSA) is 149 Å². The maximum Gasteiger partial charge on any atom is 0.410 e. The van der Waals surface area contributed by atoms with Crippen molar-refractivity contribution in [3.63, 3.8) is 0 Å². The number of carbonyl (C=O) groups is 1. The normalized spacial score (nSPS) is 25.2. The molecule has 1 saturated carbocycles. The zero-order chi connectivity index (χ0) is 37.3. The number of allylic oxidation sites excluding steroid dienone is 1. The van der Waals surface area contributed by atoms with Crippen molar-refractivity contribution in [2.24, 2.45) is 22.9 Å². The van der Waals surface area contributed by atoms with Crippen LogP contribution in [-0.4, -0.2) is 110 Å². The molecule has 288 valence electrons. The third-order valence-electron chi connectivity index (χ3n) is 10.1. The van der Waals surface area contributed by atoms with Crippen LogP contribution in [0.4, 0.5) is 4.79 Å². The molecule has 12 nitrogen and oxygen atoms in total. The highest BCUT2D eigenvalue weighted by molar-refractivity contribution is 6.02. The van der Waals surface area contributed by atoms with Gasteiger partial charge in [0, 0.05) is 37.7 Å². The number of rotatable bonds is 24. The number of oxime groups is 1. The van der Waals surface area contributed by atoms with E-state index in [1.165, 1.54) is 7.11 Å². The summed E-state index contributed by atoms with van der Waals surface area (Å²) in [6, 6.07) is 5.05. The van der Waals surface area contributed by atoms with Gasteiger partial charge >= 0.3 is 6.09 Å². The first-order valence-electron chi connectivity index (χ1n) is 18.5. The second-order valence-electron chi connectivity index (χ2n) is 13.3. The van der Waals surface area contributed by atoms with Crippen LogP contribution < -0.4 is 9.47 Å². The number of aliphatic hydroxyl groups excluding tert-OH is 3. The number of carbonyl (C=O) groups excluding carboxylic acids is 1. The first kappa shape index (κ1) is 41.1. The number of nitrogens with zero attached hydrogens (tertiary/aromatic N) is 2. The molecular formula is C40H58N2O10. The highest BCUT2D eigenvalue weighted by atomic mass is 16.7. The Morgan fingerprint density at radius 2 is 1.77 bits per heavy atom. The van der Waals surface area contributed by atoms with Gasteiger partial charge in [-0.25, -0.2) is 4.79 Å². The fourth-order valence-electron chi connectivity index (χ4n) is 8.02. The van der Waals surface area contributed by atoms with E-state index in [4.69, 9.17) is 28.5 Å². The van der Waals surface area contributed by atoms with Crippen LogP contribution in [-0.2, 0) is 19.0 Å². The number of amides is 1. The number of unbranched alkanes of at least 4 members (excludes halogenated alkanes) is 2. The van der Waals surface area contributed by atoms with E-state index < -0.39 is 23.8 Å². The third-order valence-corrected chi connectivity index (χ3v) is 10.1. The predicted octanol–water partition coefficient (Wildman–Crippen LogP) is 5.54. The minimum absolute atomic E-state index is 0.0754. The van der Waals surface area contributed by atoms with Gasteiger partial charge in [0.1, 0.15) is 31.3 Å². The summed E-state index contributed by atoms with van der Waals surface area (Å²) in [7, 11) is 1.51. The third kappa shape index (κ3) is 9.64. The van der Waals surface area contributed by atoms with E-state index >= 15 is 0 Å². The fourth-order valence-corrected chi connectivity index (χ4v) is 8.02. The Balaban J connectivity index is 1.99. The van der Waals surface area contributed by atoms with E-state index in [1.54, 1.807) is 23.1 Å². The van der Waals surface area contributed by atoms with Crippen LogP contribution in [0, 0.1) is 17.8 Å². The van der Waals surface area contributed by atoms with Crippen LogP contribution in [0.15, 0.2) is 73.0 Å². The molecule has 0 bridgehead atoms. The van der Waals surface area contributed by atoms with Gasteiger partial charge in [0.2, 0.25) is 5.79 Å². The molecule has 3 N–H and O–H groups in total. The molecular weight excluding hydrogens is 668 g/mol. The smallest absolute Gasteiger partial charge is 0.410 e. The molecule has 2 aliphatic carbocycles. The van der Waals surface area contributed by atoms with Crippen LogP contribution in [0.1, 0.15) is 62.8 Å². The number of hydrogen-bond acceptors (Lipinski definition) is 11. The van der Waals surface area contributed by atoms with Gasteiger partial charge in [-0.1, -0.05) is 48.9 Å². The fraction of sp³-hybridized carbons (Fsp3) is 0.600. The Kier molecular flexibility index (Phi) is 16.7. The molecule has 0 saturated heterocycles. The molecule has 6 unspecified atom stereocenters. The van der Waals surface area contributed by atoms with Gasteiger partial charge in [-0.3, -0.25) is 4.90 Å². The molecule has 52 heavy (non-hydrogen) atoms. The molecule has 1 aliphatic heterocycles. The summed E-state index contributed by atoms with van der Waals surface area (Å²) < 4.78 is 31.5. The minimum Gasteiger partial charge on any atom is -0.490 e. The van der Waals surface area contributed by atoms with E-state index in [2.05, 4.69) is 31.0 Å². The van der Waals surface area contributed by atoms with Crippen molar-refractivity contribution in [2.45, 2.75) is 69.1 Å². The highest BCUT2D eigenvalue weighted by Gasteiger charge is 2.65. The van der Waals surface area contributed by atoms with E-state index in [1.807, 2.05) is 18.2 Å². The predicted molar refractivity (Wildman–Crippen MR) is 198 cm³/mol. The SMILES string of the molecule is C=CCCOC(=O)N(CCOCCO)C1CC(=NOC)C2=CC(CCCCO)C(CCCCO)C3c4cc(OCC=C)ccc4OC1(OCC=C)C23. The Labute approximate surface area is 308 Å². The van der Waals surface area contributed by atoms with Crippen LogP contribution >= 0.6 is 0 Å². The summed E-state index contributed by atoms with van der Waals surface area (Å²) in [5.41, 5.74) is 2.56. The lowest BCUT2D eigenvalue weighted by atomic mass is 9.55. The minimum atomic E-state index is -1.42. The zero-order valence-corrected chi connectivity index (χ0v) is 30.7. The molecule has 1 aromatic rings. The Bertz CT molecular complexity index is 1380. The quantitative estimate of drug-likeness (QED) is 0.0705. The van der Waals surface area contributed by atoms with Gasteiger partial charge < -0.3 is 43.8 Å². The molecule has 6 atom stereocenters. The van der Waals surface area contributed by atoms with Crippen molar-refractivity contribution in [3.05, 3.63) is 73.4 Å². The second kappa shape index (κ2) is 21.1. The van der Waals surface area contributed by atoms with Crippen molar-refractivity contribution < 1.29 is 48.6 Å². The Morgan fingerprint density at radius 1 is 1.00 bits per heavy atom. The molecule has 1 heterocycles. The molecule has 3 aliphatic rings. The number of fused-ring (bicyclic) bond motifs is 2. The van der Waals surface area contributed by atoms with E-state index in [0.29, 0.717) is 43.1 Å². The number of benzene rings is 1. The lowest BCUT2D eigenvalue weighted by Gasteiger charge is -2.59. The average Bonchev–Trinajstić information content (AvgIpc) is 3.15. The van der Waals surface area contributed by atoms with Crippen LogP contribution in [0.5, 0.6) is 11.5 Å². The van der Waals surface area contributed by atoms with Crippen molar-refractivity contribution in [2.75, 3.05) is 66.5 Å². The van der Waals surface area contributed by atoms with Crippen molar-refractivity contribution in [1.29, 1.82) is 0 Å². The summed E-state index contributed by atoms with van der Waals surface area (Å²) in [6.07, 6.45) is 12.1. The molecule has 1 amide bonds. The number of ether oxygens (including phenoxy) is 5. The molecule has 12 heteroatoms. The maximum absolute atomic E-state index is 14.1.